The fraction of sp³-hybridized carbons (Fsp3) is 0.750. The van der Waals surface area contributed by atoms with E-state index in [0.29, 0.717) is 17.9 Å². The van der Waals surface area contributed by atoms with Gasteiger partial charge < -0.3 is 10.3 Å². The molecular formula is C16H29N5. The Kier molecular flexibility index (Phi) is 5.39. The van der Waals surface area contributed by atoms with E-state index in [1.54, 1.807) is 6.33 Å². The number of hydrazine groups is 1. The first kappa shape index (κ1) is 16.0. The van der Waals surface area contributed by atoms with Crippen LogP contribution in [0.4, 0.5) is 11.6 Å². The average molecular weight is 291 g/mol. The van der Waals surface area contributed by atoms with Crippen LogP contribution in [0, 0.1) is 5.92 Å². The predicted octanol–water partition coefficient (Wildman–Crippen LogP) is 3.29. The molecule has 1 aromatic heterocycles. The summed E-state index contributed by atoms with van der Waals surface area (Å²) < 4.78 is 0. The van der Waals surface area contributed by atoms with Crippen LogP contribution in [0.1, 0.15) is 64.9 Å². The lowest BCUT2D eigenvalue weighted by Gasteiger charge is -2.34. The van der Waals surface area contributed by atoms with E-state index in [1.165, 1.54) is 25.7 Å². The number of nitrogens with two attached hydrogens (primary N) is 1. The van der Waals surface area contributed by atoms with Crippen LogP contribution in [0.3, 0.4) is 0 Å². The standard InChI is InChI=1S/C16H29N5/c1-11(2)9-21(13-7-5-6-8-13)16-14(12(3)4)15(20-17)18-10-19-16/h10-13H,5-9,17H2,1-4H3,(H,18,19,20). The number of nitrogens with one attached hydrogen (secondary N) is 1. The van der Waals surface area contributed by atoms with Crippen molar-refractivity contribution in [1.82, 2.24) is 9.97 Å². The lowest BCUT2D eigenvalue weighted by atomic mass is 10.0. The van der Waals surface area contributed by atoms with Gasteiger partial charge in [-0.05, 0) is 24.7 Å². The van der Waals surface area contributed by atoms with E-state index in [4.69, 9.17) is 5.84 Å². The number of hydrogen-bond acceptors (Lipinski definition) is 5. The van der Waals surface area contributed by atoms with Gasteiger partial charge in [0.05, 0.1) is 0 Å². The molecule has 3 N–H and O–H groups in total. The summed E-state index contributed by atoms with van der Waals surface area (Å²) in [6.45, 7) is 9.91. The second kappa shape index (κ2) is 7.07. The summed E-state index contributed by atoms with van der Waals surface area (Å²) in [5.74, 6) is 8.41. The largest absolute Gasteiger partial charge is 0.353 e. The molecule has 1 heterocycles. The number of anilines is 2. The molecule has 0 spiro atoms. The van der Waals surface area contributed by atoms with E-state index < -0.39 is 0 Å². The average Bonchev–Trinajstić information content (AvgIpc) is 2.97. The third kappa shape index (κ3) is 3.64. The fourth-order valence-electron chi connectivity index (χ4n) is 3.28. The minimum atomic E-state index is 0.336. The molecule has 0 amide bonds. The van der Waals surface area contributed by atoms with Crippen LogP contribution in [0.2, 0.25) is 0 Å². The lowest BCUT2D eigenvalue weighted by molar-refractivity contribution is 0.528. The maximum absolute atomic E-state index is 5.65. The third-order valence-corrected chi connectivity index (χ3v) is 4.18. The van der Waals surface area contributed by atoms with Crippen molar-refractivity contribution in [3.05, 3.63) is 11.9 Å². The van der Waals surface area contributed by atoms with Gasteiger partial charge in [-0.1, -0.05) is 40.5 Å². The highest BCUT2D eigenvalue weighted by Gasteiger charge is 2.28. The Labute approximate surface area is 128 Å². The van der Waals surface area contributed by atoms with Crippen LogP contribution in [-0.2, 0) is 0 Å². The highest BCUT2D eigenvalue weighted by Crippen LogP contribution is 2.35. The van der Waals surface area contributed by atoms with Crippen molar-refractivity contribution >= 4 is 11.6 Å². The van der Waals surface area contributed by atoms with Gasteiger partial charge in [0.1, 0.15) is 18.0 Å². The SMILES string of the molecule is CC(C)CN(c1ncnc(NN)c1C(C)C)C1CCCC1. The second-order valence-electron chi connectivity index (χ2n) is 6.74. The molecule has 0 radical (unpaired) electrons. The zero-order valence-corrected chi connectivity index (χ0v) is 13.8. The van der Waals surface area contributed by atoms with Gasteiger partial charge >= 0.3 is 0 Å². The molecule has 5 nitrogen and oxygen atoms in total. The summed E-state index contributed by atoms with van der Waals surface area (Å²) >= 11 is 0. The summed E-state index contributed by atoms with van der Waals surface area (Å²) in [6, 6.07) is 0.602. The molecule has 0 atom stereocenters. The molecule has 1 aliphatic rings. The predicted molar refractivity (Wildman–Crippen MR) is 88.4 cm³/mol. The molecule has 1 saturated carbocycles. The Morgan fingerprint density at radius 1 is 1.24 bits per heavy atom. The van der Waals surface area contributed by atoms with E-state index in [1.807, 2.05) is 0 Å². The van der Waals surface area contributed by atoms with Gasteiger partial charge in [0.15, 0.2) is 0 Å². The molecule has 118 valence electrons. The number of nitrogens with zero attached hydrogens (tertiary/aromatic N) is 3. The highest BCUT2D eigenvalue weighted by molar-refractivity contribution is 5.60. The third-order valence-electron chi connectivity index (χ3n) is 4.18. The highest BCUT2D eigenvalue weighted by atomic mass is 15.3. The van der Waals surface area contributed by atoms with Crippen LogP contribution < -0.4 is 16.2 Å². The summed E-state index contributed by atoms with van der Waals surface area (Å²) in [4.78, 5) is 11.4. The Morgan fingerprint density at radius 3 is 2.43 bits per heavy atom. The van der Waals surface area contributed by atoms with E-state index in [9.17, 15) is 0 Å². The molecule has 0 bridgehead atoms. The number of nitrogen functional groups attached to an aromatic ring is 1. The summed E-state index contributed by atoms with van der Waals surface area (Å²) in [5.41, 5.74) is 3.87. The van der Waals surface area contributed by atoms with Gasteiger partial charge in [-0.25, -0.2) is 15.8 Å². The Morgan fingerprint density at radius 2 is 1.90 bits per heavy atom. The Balaban J connectivity index is 2.42. The van der Waals surface area contributed by atoms with Gasteiger partial charge in [-0.2, -0.15) is 0 Å². The minimum absolute atomic E-state index is 0.336. The first-order valence-electron chi connectivity index (χ1n) is 8.12. The van der Waals surface area contributed by atoms with Crippen molar-refractivity contribution in [1.29, 1.82) is 0 Å². The Bertz CT molecular complexity index is 452. The summed E-state index contributed by atoms with van der Waals surface area (Å²) in [5, 5.41) is 0. The zero-order valence-electron chi connectivity index (χ0n) is 13.8. The molecule has 5 heteroatoms. The minimum Gasteiger partial charge on any atom is -0.353 e. The summed E-state index contributed by atoms with van der Waals surface area (Å²) in [6.07, 6.45) is 6.80. The zero-order chi connectivity index (χ0) is 15.4. The van der Waals surface area contributed by atoms with Crippen molar-refractivity contribution in [2.75, 3.05) is 16.9 Å². The van der Waals surface area contributed by atoms with Gasteiger partial charge in [-0.15, -0.1) is 0 Å². The topological polar surface area (TPSA) is 67.1 Å². The van der Waals surface area contributed by atoms with Gasteiger partial charge in [0.25, 0.3) is 0 Å². The van der Waals surface area contributed by atoms with Crippen LogP contribution in [0.25, 0.3) is 0 Å². The molecule has 0 saturated heterocycles. The molecule has 0 aromatic carbocycles. The smallest absolute Gasteiger partial charge is 0.148 e. The van der Waals surface area contributed by atoms with Crippen molar-refractivity contribution < 1.29 is 0 Å². The number of aromatic nitrogens is 2. The first-order valence-corrected chi connectivity index (χ1v) is 8.12. The summed E-state index contributed by atoms with van der Waals surface area (Å²) in [7, 11) is 0. The second-order valence-corrected chi connectivity index (χ2v) is 6.74. The number of hydrogen-bond donors (Lipinski definition) is 2. The van der Waals surface area contributed by atoms with Crippen LogP contribution >= 0.6 is 0 Å². The molecule has 0 aliphatic heterocycles. The molecule has 21 heavy (non-hydrogen) atoms. The van der Waals surface area contributed by atoms with Gasteiger partial charge in [0.2, 0.25) is 0 Å². The van der Waals surface area contributed by atoms with E-state index in [2.05, 4.69) is 48.0 Å². The van der Waals surface area contributed by atoms with E-state index in [0.717, 1.165) is 23.7 Å². The van der Waals surface area contributed by atoms with Crippen LogP contribution in [0.15, 0.2) is 6.33 Å². The monoisotopic (exact) mass is 291 g/mol. The van der Waals surface area contributed by atoms with Crippen molar-refractivity contribution in [3.63, 3.8) is 0 Å². The Hall–Kier alpha value is -1.36. The normalized spacial score (nSPS) is 16.0. The maximum atomic E-state index is 5.65. The van der Waals surface area contributed by atoms with Gasteiger partial charge in [0, 0.05) is 18.2 Å². The molecule has 1 aromatic rings. The van der Waals surface area contributed by atoms with Crippen LogP contribution in [-0.4, -0.2) is 22.6 Å². The first-order chi connectivity index (χ1) is 10.0. The fourth-order valence-corrected chi connectivity index (χ4v) is 3.28. The molecular weight excluding hydrogens is 262 g/mol. The maximum Gasteiger partial charge on any atom is 0.148 e. The molecule has 1 fully saturated rings. The lowest BCUT2D eigenvalue weighted by Crippen LogP contribution is -2.38. The molecule has 1 aliphatic carbocycles. The van der Waals surface area contributed by atoms with Gasteiger partial charge in [-0.3, -0.25) is 0 Å². The van der Waals surface area contributed by atoms with Crippen molar-refractivity contribution in [2.24, 2.45) is 11.8 Å². The van der Waals surface area contributed by atoms with Crippen molar-refractivity contribution in [3.8, 4) is 0 Å². The van der Waals surface area contributed by atoms with Crippen molar-refractivity contribution in [2.45, 2.75) is 65.3 Å². The quantitative estimate of drug-likeness (QED) is 0.622. The van der Waals surface area contributed by atoms with E-state index in [-0.39, 0.29) is 0 Å². The van der Waals surface area contributed by atoms with Crippen LogP contribution in [0.5, 0.6) is 0 Å². The van der Waals surface area contributed by atoms with E-state index >= 15 is 0 Å². The molecule has 2 rings (SSSR count). The molecule has 0 unspecified atom stereocenters. The number of rotatable bonds is 6.